The van der Waals surface area contributed by atoms with E-state index < -0.39 is 0 Å². The number of nitrogens with two attached hydrogens (primary N) is 1. The van der Waals surface area contributed by atoms with Gasteiger partial charge in [-0.2, -0.15) is 0 Å². The van der Waals surface area contributed by atoms with E-state index in [9.17, 15) is 0 Å². The molecule has 0 atom stereocenters. The summed E-state index contributed by atoms with van der Waals surface area (Å²) in [7, 11) is 1.65. The highest BCUT2D eigenvalue weighted by Crippen LogP contribution is 2.30. The summed E-state index contributed by atoms with van der Waals surface area (Å²) < 4.78 is 5.26. The lowest BCUT2D eigenvalue weighted by Gasteiger charge is -2.12. The first-order chi connectivity index (χ1) is 7.19. The molecule has 0 fully saturated rings. The molecule has 0 bridgehead atoms. The molecule has 3 nitrogen and oxygen atoms in total. The molecule has 15 heavy (non-hydrogen) atoms. The summed E-state index contributed by atoms with van der Waals surface area (Å²) >= 11 is 6.04. The maximum absolute atomic E-state index is 6.04. The third-order valence-electron chi connectivity index (χ3n) is 2.18. The van der Waals surface area contributed by atoms with E-state index in [0.717, 1.165) is 35.0 Å². The van der Waals surface area contributed by atoms with Gasteiger partial charge < -0.3 is 15.8 Å². The summed E-state index contributed by atoms with van der Waals surface area (Å²) in [5.74, 6) is 0.814. The Bertz CT molecular complexity index is 329. The van der Waals surface area contributed by atoms with Crippen LogP contribution in [-0.4, -0.2) is 20.2 Å². The molecule has 0 aromatic heterocycles. The molecule has 3 N–H and O–H groups in total. The Balaban J connectivity index is 2.80. The average Bonchev–Trinajstić information content (AvgIpc) is 2.23. The van der Waals surface area contributed by atoms with Crippen molar-refractivity contribution in [3.05, 3.63) is 22.7 Å². The minimum absolute atomic E-state index is 0.676. The van der Waals surface area contributed by atoms with Crippen LogP contribution in [-0.2, 0) is 0 Å². The Morgan fingerprint density at radius 2 is 2.20 bits per heavy atom. The second-order valence-electron chi connectivity index (χ2n) is 3.37. The van der Waals surface area contributed by atoms with Crippen molar-refractivity contribution in [3.63, 3.8) is 0 Å². The van der Waals surface area contributed by atoms with E-state index in [1.807, 2.05) is 19.1 Å². The third-order valence-corrected chi connectivity index (χ3v) is 2.58. The molecule has 1 aromatic rings. The lowest BCUT2D eigenvalue weighted by atomic mass is 10.2. The molecule has 0 saturated carbocycles. The van der Waals surface area contributed by atoms with Crippen LogP contribution in [0.2, 0.25) is 5.02 Å². The predicted molar refractivity (Wildman–Crippen MR) is 64.9 cm³/mol. The van der Waals surface area contributed by atoms with Crippen LogP contribution in [0.15, 0.2) is 12.1 Å². The van der Waals surface area contributed by atoms with Gasteiger partial charge in [0, 0.05) is 11.6 Å². The van der Waals surface area contributed by atoms with Crippen LogP contribution >= 0.6 is 11.6 Å². The molecule has 0 aliphatic heterocycles. The minimum Gasteiger partial charge on any atom is -0.495 e. The zero-order valence-corrected chi connectivity index (χ0v) is 9.90. The van der Waals surface area contributed by atoms with Gasteiger partial charge >= 0.3 is 0 Å². The number of anilines is 1. The van der Waals surface area contributed by atoms with Crippen molar-refractivity contribution < 1.29 is 4.74 Å². The summed E-state index contributed by atoms with van der Waals surface area (Å²) in [5, 5.41) is 3.99. The van der Waals surface area contributed by atoms with Gasteiger partial charge in [-0.1, -0.05) is 11.6 Å². The van der Waals surface area contributed by atoms with Gasteiger partial charge in [0.05, 0.1) is 12.8 Å². The fourth-order valence-corrected chi connectivity index (χ4v) is 1.45. The maximum Gasteiger partial charge on any atom is 0.142 e. The van der Waals surface area contributed by atoms with E-state index >= 15 is 0 Å². The fourth-order valence-electron chi connectivity index (χ4n) is 1.29. The quantitative estimate of drug-likeness (QED) is 0.761. The summed E-state index contributed by atoms with van der Waals surface area (Å²) in [6, 6.07) is 3.80. The molecular weight excluding hydrogens is 212 g/mol. The van der Waals surface area contributed by atoms with Crippen LogP contribution in [0.3, 0.4) is 0 Å². The van der Waals surface area contributed by atoms with Crippen molar-refractivity contribution >= 4 is 17.3 Å². The monoisotopic (exact) mass is 228 g/mol. The molecule has 84 valence electrons. The standard InChI is InChI=1S/C11H17ClN2O/c1-8-6-11(15-2)10(7-9(8)12)14-5-3-4-13/h6-7,14H,3-5,13H2,1-2H3. The molecule has 0 spiro atoms. The van der Waals surface area contributed by atoms with Gasteiger partial charge in [-0.25, -0.2) is 0 Å². The number of hydrogen-bond acceptors (Lipinski definition) is 3. The van der Waals surface area contributed by atoms with Crippen LogP contribution in [0.25, 0.3) is 0 Å². The van der Waals surface area contributed by atoms with Crippen molar-refractivity contribution in [1.82, 2.24) is 0 Å². The highest BCUT2D eigenvalue weighted by Gasteiger charge is 2.05. The molecule has 0 unspecified atom stereocenters. The number of aryl methyl sites for hydroxylation is 1. The minimum atomic E-state index is 0.676. The summed E-state index contributed by atoms with van der Waals surface area (Å²) in [6.45, 7) is 3.45. The van der Waals surface area contributed by atoms with E-state index in [0.29, 0.717) is 6.54 Å². The zero-order chi connectivity index (χ0) is 11.3. The van der Waals surface area contributed by atoms with Crippen molar-refractivity contribution in [1.29, 1.82) is 0 Å². The van der Waals surface area contributed by atoms with Gasteiger partial charge in [0.15, 0.2) is 0 Å². The number of ether oxygens (including phenoxy) is 1. The second kappa shape index (κ2) is 5.83. The number of hydrogen-bond donors (Lipinski definition) is 2. The van der Waals surface area contributed by atoms with E-state index in [1.165, 1.54) is 0 Å². The van der Waals surface area contributed by atoms with E-state index in [1.54, 1.807) is 7.11 Å². The fraction of sp³-hybridized carbons (Fsp3) is 0.455. The molecule has 0 aliphatic carbocycles. The third kappa shape index (κ3) is 3.29. The molecule has 0 heterocycles. The van der Waals surface area contributed by atoms with Crippen LogP contribution in [0.4, 0.5) is 5.69 Å². The molecule has 1 aromatic carbocycles. The van der Waals surface area contributed by atoms with Gasteiger partial charge in [-0.3, -0.25) is 0 Å². The van der Waals surface area contributed by atoms with Gasteiger partial charge in [0.2, 0.25) is 0 Å². The van der Waals surface area contributed by atoms with Crippen LogP contribution < -0.4 is 15.8 Å². The number of nitrogens with one attached hydrogen (secondary N) is 1. The number of halogens is 1. The topological polar surface area (TPSA) is 47.3 Å². The van der Waals surface area contributed by atoms with Gasteiger partial charge in [0.1, 0.15) is 5.75 Å². The van der Waals surface area contributed by atoms with Crippen LogP contribution in [0.1, 0.15) is 12.0 Å². The molecule has 1 rings (SSSR count). The van der Waals surface area contributed by atoms with Crippen molar-refractivity contribution in [2.45, 2.75) is 13.3 Å². The van der Waals surface area contributed by atoms with E-state index in [4.69, 9.17) is 22.1 Å². The lowest BCUT2D eigenvalue weighted by Crippen LogP contribution is -2.09. The van der Waals surface area contributed by atoms with E-state index in [-0.39, 0.29) is 0 Å². The maximum atomic E-state index is 6.04. The Kier molecular flexibility index (Phi) is 4.72. The predicted octanol–water partition coefficient (Wildman–Crippen LogP) is 2.42. The summed E-state index contributed by atoms with van der Waals surface area (Å²) in [5.41, 5.74) is 7.35. The summed E-state index contributed by atoms with van der Waals surface area (Å²) in [4.78, 5) is 0. The Morgan fingerprint density at radius 1 is 1.47 bits per heavy atom. The van der Waals surface area contributed by atoms with Crippen LogP contribution in [0.5, 0.6) is 5.75 Å². The van der Waals surface area contributed by atoms with Crippen molar-refractivity contribution in [2.75, 3.05) is 25.5 Å². The average molecular weight is 229 g/mol. The Morgan fingerprint density at radius 3 is 2.80 bits per heavy atom. The first-order valence-corrected chi connectivity index (χ1v) is 5.35. The lowest BCUT2D eigenvalue weighted by molar-refractivity contribution is 0.416. The highest BCUT2D eigenvalue weighted by atomic mass is 35.5. The smallest absolute Gasteiger partial charge is 0.142 e. The molecule has 0 saturated heterocycles. The van der Waals surface area contributed by atoms with Gasteiger partial charge in [-0.05, 0) is 37.6 Å². The summed E-state index contributed by atoms with van der Waals surface area (Å²) in [6.07, 6.45) is 0.925. The molecule has 0 radical (unpaired) electrons. The largest absolute Gasteiger partial charge is 0.495 e. The van der Waals surface area contributed by atoms with Crippen molar-refractivity contribution in [2.24, 2.45) is 5.73 Å². The number of benzene rings is 1. The normalized spacial score (nSPS) is 10.1. The molecule has 0 aliphatic rings. The highest BCUT2D eigenvalue weighted by molar-refractivity contribution is 6.31. The van der Waals surface area contributed by atoms with Gasteiger partial charge in [0.25, 0.3) is 0 Å². The van der Waals surface area contributed by atoms with Crippen molar-refractivity contribution in [3.8, 4) is 5.75 Å². The Labute approximate surface area is 95.6 Å². The Hall–Kier alpha value is -0.930. The number of rotatable bonds is 5. The number of methoxy groups -OCH3 is 1. The van der Waals surface area contributed by atoms with E-state index in [2.05, 4.69) is 5.32 Å². The second-order valence-corrected chi connectivity index (χ2v) is 3.78. The molecule has 0 amide bonds. The first-order valence-electron chi connectivity index (χ1n) is 4.97. The zero-order valence-electron chi connectivity index (χ0n) is 9.14. The van der Waals surface area contributed by atoms with Gasteiger partial charge in [-0.15, -0.1) is 0 Å². The van der Waals surface area contributed by atoms with Crippen LogP contribution in [0, 0.1) is 6.92 Å². The first kappa shape index (κ1) is 12.1. The SMILES string of the molecule is COc1cc(C)c(Cl)cc1NCCCN. The molecular formula is C11H17ClN2O. The molecule has 4 heteroatoms.